The van der Waals surface area contributed by atoms with Crippen LogP contribution in [0.25, 0.3) is 0 Å². The molecule has 0 aliphatic carbocycles. The van der Waals surface area contributed by atoms with Crippen LogP contribution in [0.5, 0.6) is 11.5 Å². The topological polar surface area (TPSA) is 18.5 Å². The van der Waals surface area contributed by atoms with Crippen LogP contribution >= 0.6 is 50.7 Å². The van der Waals surface area contributed by atoms with E-state index >= 15 is 0 Å². The van der Waals surface area contributed by atoms with Gasteiger partial charge in [-0.2, -0.15) is 0 Å². The van der Waals surface area contributed by atoms with Gasteiger partial charge in [-0.05, 0) is 51.8 Å². The van der Waals surface area contributed by atoms with E-state index < -0.39 is 0 Å². The van der Waals surface area contributed by atoms with Crippen LogP contribution in [-0.4, -0.2) is 7.11 Å². The van der Waals surface area contributed by atoms with Crippen LogP contribution in [0.15, 0.2) is 34.8 Å². The lowest BCUT2D eigenvalue weighted by molar-refractivity contribution is 0.282. The van der Waals surface area contributed by atoms with Crippen molar-refractivity contribution in [3.8, 4) is 11.5 Å². The third-order valence-corrected chi connectivity index (χ3v) is 4.32. The second-order valence-corrected chi connectivity index (χ2v) is 6.23. The van der Waals surface area contributed by atoms with E-state index in [9.17, 15) is 0 Å². The zero-order valence-corrected chi connectivity index (χ0v) is 15.0. The van der Waals surface area contributed by atoms with Crippen molar-refractivity contribution in [3.05, 3.63) is 56.0 Å². The van der Waals surface area contributed by atoms with Crippen molar-refractivity contribution < 1.29 is 9.47 Å². The lowest BCUT2D eigenvalue weighted by atomic mass is 10.2. The van der Waals surface area contributed by atoms with Crippen LogP contribution in [0.3, 0.4) is 0 Å². The number of benzene rings is 2. The molecule has 6 heteroatoms. The second-order valence-electron chi connectivity index (χ2n) is 4.27. The van der Waals surface area contributed by atoms with Gasteiger partial charge in [0.2, 0.25) is 0 Å². The number of alkyl halides is 1. The highest BCUT2D eigenvalue weighted by molar-refractivity contribution is 9.10. The molecule has 0 unspecified atom stereocenters. The summed E-state index contributed by atoms with van der Waals surface area (Å²) in [5, 5.41) is 1.22. The molecule has 0 saturated carbocycles. The number of hydrogen-bond acceptors (Lipinski definition) is 2. The Morgan fingerprint density at radius 3 is 2.57 bits per heavy atom. The summed E-state index contributed by atoms with van der Waals surface area (Å²) in [5.74, 6) is 1.61. The van der Waals surface area contributed by atoms with Gasteiger partial charge in [-0.15, -0.1) is 11.6 Å². The fourth-order valence-corrected chi connectivity index (χ4v) is 2.92. The number of methoxy groups -OCH3 is 1. The van der Waals surface area contributed by atoms with Crippen LogP contribution < -0.4 is 9.47 Å². The molecule has 0 amide bonds. The number of rotatable bonds is 5. The summed E-state index contributed by atoms with van der Waals surface area (Å²) < 4.78 is 11.9. The molecule has 112 valence electrons. The van der Waals surface area contributed by atoms with E-state index in [4.69, 9.17) is 44.3 Å². The third-order valence-electron chi connectivity index (χ3n) is 2.82. The molecule has 2 aromatic rings. The Kier molecular flexibility index (Phi) is 6.06. The maximum atomic E-state index is 6.12. The monoisotopic (exact) mass is 408 g/mol. The molecular formula is C15H12BrCl3O2. The predicted molar refractivity (Wildman–Crippen MR) is 91.0 cm³/mol. The van der Waals surface area contributed by atoms with Gasteiger partial charge in [-0.25, -0.2) is 0 Å². The van der Waals surface area contributed by atoms with Crippen molar-refractivity contribution >= 4 is 50.7 Å². The minimum Gasteiger partial charge on any atom is -0.493 e. The Bertz CT molecular complexity index is 647. The van der Waals surface area contributed by atoms with Gasteiger partial charge in [0, 0.05) is 21.5 Å². The van der Waals surface area contributed by atoms with Crippen LogP contribution in [-0.2, 0) is 12.5 Å². The van der Waals surface area contributed by atoms with Crippen molar-refractivity contribution in [2.75, 3.05) is 7.11 Å². The summed E-state index contributed by atoms with van der Waals surface area (Å²) in [5.41, 5.74) is 1.74. The largest absolute Gasteiger partial charge is 0.493 e. The molecule has 0 aliphatic rings. The molecule has 0 radical (unpaired) electrons. The zero-order chi connectivity index (χ0) is 15.4. The maximum Gasteiger partial charge on any atom is 0.175 e. The first-order valence-corrected chi connectivity index (χ1v) is 8.12. The van der Waals surface area contributed by atoms with E-state index in [2.05, 4.69) is 15.9 Å². The summed E-state index contributed by atoms with van der Waals surface area (Å²) in [4.78, 5) is 0. The van der Waals surface area contributed by atoms with Gasteiger partial charge in [0.25, 0.3) is 0 Å². The van der Waals surface area contributed by atoms with E-state index in [1.54, 1.807) is 25.3 Å². The molecule has 21 heavy (non-hydrogen) atoms. The summed E-state index contributed by atoms with van der Waals surface area (Å²) in [7, 11) is 1.58. The van der Waals surface area contributed by atoms with Crippen molar-refractivity contribution in [3.63, 3.8) is 0 Å². The minimum atomic E-state index is 0.286. The smallest absolute Gasteiger partial charge is 0.175 e. The summed E-state index contributed by atoms with van der Waals surface area (Å²) in [6.45, 7) is 0.286. The molecule has 0 heterocycles. The lowest BCUT2D eigenvalue weighted by Crippen LogP contribution is -2.00. The number of halogens is 4. The Labute approximate surface area is 147 Å². The van der Waals surface area contributed by atoms with E-state index in [0.717, 1.165) is 15.6 Å². The van der Waals surface area contributed by atoms with E-state index in [1.165, 1.54) is 0 Å². The molecule has 0 spiro atoms. The normalized spacial score (nSPS) is 10.5. The van der Waals surface area contributed by atoms with Gasteiger partial charge in [-0.3, -0.25) is 0 Å². The van der Waals surface area contributed by atoms with Crippen LogP contribution in [0.4, 0.5) is 0 Å². The average molecular weight is 411 g/mol. The molecule has 2 aromatic carbocycles. The van der Waals surface area contributed by atoms with Crippen LogP contribution in [0, 0.1) is 0 Å². The Morgan fingerprint density at radius 2 is 1.90 bits per heavy atom. The van der Waals surface area contributed by atoms with Crippen molar-refractivity contribution in [2.24, 2.45) is 0 Å². The van der Waals surface area contributed by atoms with Gasteiger partial charge >= 0.3 is 0 Å². The maximum absolute atomic E-state index is 6.12. The SMILES string of the molecule is COc1cc(CCl)cc(Br)c1OCc1cc(Cl)ccc1Cl. The summed E-state index contributed by atoms with van der Waals surface area (Å²) in [6.07, 6.45) is 0. The van der Waals surface area contributed by atoms with Crippen molar-refractivity contribution in [1.29, 1.82) is 0 Å². The molecule has 2 nitrogen and oxygen atoms in total. The molecule has 0 aromatic heterocycles. The quantitative estimate of drug-likeness (QED) is 0.556. The van der Waals surface area contributed by atoms with Gasteiger partial charge < -0.3 is 9.47 Å². The van der Waals surface area contributed by atoms with Gasteiger partial charge in [-0.1, -0.05) is 23.2 Å². The Morgan fingerprint density at radius 1 is 1.14 bits per heavy atom. The molecule has 0 aliphatic heterocycles. The van der Waals surface area contributed by atoms with Crippen LogP contribution in [0.1, 0.15) is 11.1 Å². The summed E-state index contributed by atoms with van der Waals surface area (Å²) >= 11 is 21.4. The highest BCUT2D eigenvalue weighted by Crippen LogP contribution is 2.38. The highest BCUT2D eigenvalue weighted by atomic mass is 79.9. The van der Waals surface area contributed by atoms with Gasteiger partial charge in [0.1, 0.15) is 6.61 Å². The molecule has 0 saturated heterocycles. The average Bonchev–Trinajstić information content (AvgIpc) is 2.48. The van der Waals surface area contributed by atoms with Crippen LogP contribution in [0.2, 0.25) is 10.0 Å². The fraction of sp³-hybridized carbons (Fsp3) is 0.200. The van der Waals surface area contributed by atoms with Gasteiger partial charge in [0.15, 0.2) is 11.5 Å². The lowest BCUT2D eigenvalue weighted by Gasteiger charge is -2.14. The van der Waals surface area contributed by atoms with Crippen molar-refractivity contribution in [1.82, 2.24) is 0 Å². The predicted octanol–water partition coefficient (Wildman–Crippen LogP) is 6.08. The highest BCUT2D eigenvalue weighted by Gasteiger charge is 2.12. The zero-order valence-electron chi connectivity index (χ0n) is 11.1. The minimum absolute atomic E-state index is 0.286. The molecule has 0 N–H and O–H groups in total. The second kappa shape index (κ2) is 7.59. The van der Waals surface area contributed by atoms with E-state index in [1.807, 2.05) is 12.1 Å². The Balaban J connectivity index is 2.25. The molecular weight excluding hydrogens is 398 g/mol. The molecule has 0 bridgehead atoms. The van der Waals surface area contributed by atoms with E-state index in [0.29, 0.717) is 27.4 Å². The summed E-state index contributed by atoms with van der Waals surface area (Å²) in [6, 6.07) is 8.99. The number of hydrogen-bond donors (Lipinski definition) is 0. The first-order chi connectivity index (χ1) is 10.0. The van der Waals surface area contributed by atoms with Gasteiger partial charge in [0.05, 0.1) is 11.6 Å². The third kappa shape index (κ3) is 4.19. The molecule has 0 atom stereocenters. The van der Waals surface area contributed by atoms with E-state index in [-0.39, 0.29) is 6.61 Å². The molecule has 0 fully saturated rings. The Hall–Kier alpha value is -0.610. The first-order valence-electron chi connectivity index (χ1n) is 6.04. The fourth-order valence-electron chi connectivity index (χ4n) is 1.79. The van der Waals surface area contributed by atoms with Crippen molar-refractivity contribution in [2.45, 2.75) is 12.5 Å². The number of ether oxygens (including phenoxy) is 2. The standard InChI is InChI=1S/C15H12BrCl3O2/c1-20-14-5-9(7-17)4-12(16)15(14)21-8-10-6-11(18)2-3-13(10)19/h2-6H,7-8H2,1H3. The molecule has 2 rings (SSSR count). The first kappa shape index (κ1) is 16.8.